The molecule has 4 nitrogen and oxygen atoms in total. The smallest absolute Gasteiger partial charge is 0.330 e. The van der Waals surface area contributed by atoms with Gasteiger partial charge in [0.25, 0.3) is 5.91 Å². The van der Waals surface area contributed by atoms with Crippen molar-refractivity contribution in [3.05, 3.63) is 70.7 Å². The number of carbonyl (C=O) groups is 2. The molecule has 1 amide bonds. The molecule has 0 saturated carbocycles. The van der Waals surface area contributed by atoms with E-state index < -0.39 is 17.9 Å². The van der Waals surface area contributed by atoms with Gasteiger partial charge in [0, 0.05) is 0 Å². The van der Waals surface area contributed by atoms with Crippen molar-refractivity contribution in [2.45, 2.75) is 6.04 Å². The van der Waals surface area contributed by atoms with Gasteiger partial charge in [-0.25, -0.2) is 4.79 Å². The second-order valence-electron chi connectivity index (χ2n) is 4.14. The molecule has 0 saturated heterocycles. The van der Waals surface area contributed by atoms with Crippen LogP contribution in [-0.4, -0.2) is 17.0 Å². The summed E-state index contributed by atoms with van der Waals surface area (Å²) in [5.41, 5.74) is 0.747. The van der Waals surface area contributed by atoms with E-state index in [0.29, 0.717) is 5.56 Å². The van der Waals surface area contributed by atoms with Gasteiger partial charge in [0.05, 0.1) is 10.6 Å². The van der Waals surface area contributed by atoms with Gasteiger partial charge in [0.15, 0.2) is 6.04 Å². The molecule has 0 heterocycles. The molecule has 0 radical (unpaired) electrons. The molecule has 0 aliphatic rings. The van der Waals surface area contributed by atoms with Crippen LogP contribution in [0.5, 0.6) is 0 Å². The van der Waals surface area contributed by atoms with Crippen LogP contribution >= 0.6 is 11.6 Å². The number of rotatable bonds is 4. The normalized spacial score (nSPS) is 11.7. The van der Waals surface area contributed by atoms with Gasteiger partial charge in [-0.05, 0) is 17.7 Å². The highest BCUT2D eigenvalue weighted by Crippen LogP contribution is 2.18. The summed E-state index contributed by atoms with van der Waals surface area (Å²) in [5.74, 6) is -1.65. The maximum absolute atomic E-state index is 12.1. The highest BCUT2D eigenvalue weighted by Gasteiger charge is 2.23. The number of benzene rings is 2. The summed E-state index contributed by atoms with van der Waals surface area (Å²) >= 11 is 5.92. The van der Waals surface area contributed by atoms with Gasteiger partial charge in [-0.15, -0.1) is 0 Å². The largest absolute Gasteiger partial charge is 0.479 e. The molecule has 2 rings (SSSR count). The molecular formula is C15H12ClNO3. The van der Waals surface area contributed by atoms with Crippen LogP contribution in [0.25, 0.3) is 0 Å². The molecule has 0 aromatic heterocycles. The lowest BCUT2D eigenvalue weighted by molar-refractivity contribution is -0.139. The third-order valence-electron chi connectivity index (χ3n) is 2.77. The van der Waals surface area contributed by atoms with E-state index >= 15 is 0 Å². The predicted molar refractivity (Wildman–Crippen MR) is 75.7 cm³/mol. The quantitative estimate of drug-likeness (QED) is 0.909. The van der Waals surface area contributed by atoms with Gasteiger partial charge < -0.3 is 10.4 Å². The number of aliphatic carboxylic acids is 1. The zero-order valence-corrected chi connectivity index (χ0v) is 11.2. The second-order valence-corrected chi connectivity index (χ2v) is 4.54. The van der Waals surface area contributed by atoms with Crippen molar-refractivity contribution in [2.24, 2.45) is 0 Å². The first-order chi connectivity index (χ1) is 9.59. The first-order valence-electron chi connectivity index (χ1n) is 5.92. The second kappa shape index (κ2) is 6.21. The van der Waals surface area contributed by atoms with Crippen LogP contribution in [-0.2, 0) is 4.79 Å². The predicted octanol–water partition coefficient (Wildman–Crippen LogP) is 2.90. The van der Waals surface area contributed by atoms with Gasteiger partial charge in [-0.2, -0.15) is 0 Å². The monoisotopic (exact) mass is 289 g/mol. The molecule has 5 heteroatoms. The SMILES string of the molecule is O=C(NC(C(=O)O)c1ccccc1)c1ccccc1Cl. The van der Waals surface area contributed by atoms with Gasteiger partial charge in [0.1, 0.15) is 0 Å². The van der Waals surface area contributed by atoms with Gasteiger partial charge in [-0.3, -0.25) is 4.79 Å². The molecule has 2 aromatic carbocycles. The Balaban J connectivity index is 2.24. The van der Waals surface area contributed by atoms with Crippen molar-refractivity contribution < 1.29 is 14.7 Å². The number of carboxylic acids is 1. The minimum Gasteiger partial charge on any atom is -0.479 e. The van der Waals surface area contributed by atoms with Crippen LogP contribution in [0.15, 0.2) is 54.6 Å². The van der Waals surface area contributed by atoms with Gasteiger partial charge in [-0.1, -0.05) is 54.1 Å². The van der Waals surface area contributed by atoms with E-state index in [4.69, 9.17) is 11.6 Å². The molecule has 0 aliphatic heterocycles. The fourth-order valence-corrected chi connectivity index (χ4v) is 2.01. The molecule has 0 fully saturated rings. The summed E-state index contributed by atoms with van der Waals surface area (Å²) in [4.78, 5) is 23.4. The Hall–Kier alpha value is -2.33. The van der Waals surface area contributed by atoms with E-state index in [0.717, 1.165) is 0 Å². The van der Waals surface area contributed by atoms with Crippen molar-refractivity contribution in [1.82, 2.24) is 5.32 Å². The molecule has 0 spiro atoms. The summed E-state index contributed by atoms with van der Waals surface area (Å²) in [5, 5.41) is 12.0. The lowest BCUT2D eigenvalue weighted by Crippen LogP contribution is -2.33. The first kappa shape index (κ1) is 14.1. The third-order valence-corrected chi connectivity index (χ3v) is 3.10. The topological polar surface area (TPSA) is 66.4 Å². The average molecular weight is 290 g/mol. The van der Waals surface area contributed by atoms with Crippen LogP contribution in [0, 0.1) is 0 Å². The van der Waals surface area contributed by atoms with Crippen LogP contribution in [0.2, 0.25) is 5.02 Å². The van der Waals surface area contributed by atoms with Crippen LogP contribution in [0.4, 0.5) is 0 Å². The van der Waals surface area contributed by atoms with E-state index in [1.54, 1.807) is 54.6 Å². The van der Waals surface area contributed by atoms with Crippen molar-refractivity contribution in [1.29, 1.82) is 0 Å². The molecule has 20 heavy (non-hydrogen) atoms. The molecular weight excluding hydrogens is 278 g/mol. The number of carbonyl (C=O) groups excluding carboxylic acids is 1. The lowest BCUT2D eigenvalue weighted by atomic mass is 10.1. The Morgan fingerprint density at radius 2 is 1.60 bits per heavy atom. The Morgan fingerprint density at radius 1 is 1.00 bits per heavy atom. The Bertz CT molecular complexity index is 628. The average Bonchev–Trinajstić information content (AvgIpc) is 2.45. The van der Waals surface area contributed by atoms with Crippen molar-refractivity contribution in [3.8, 4) is 0 Å². The number of amides is 1. The van der Waals surface area contributed by atoms with Gasteiger partial charge in [0.2, 0.25) is 0 Å². The summed E-state index contributed by atoms with van der Waals surface area (Å²) in [6.07, 6.45) is 0. The van der Waals surface area contributed by atoms with E-state index in [1.165, 1.54) is 0 Å². The Morgan fingerprint density at radius 3 is 2.20 bits per heavy atom. The molecule has 0 aliphatic carbocycles. The number of nitrogens with one attached hydrogen (secondary N) is 1. The maximum atomic E-state index is 12.1. The van der Waals surface area contributed by atoms with Crippen molar-refractivity contribution in [3.63, 3.8) is 0 Å². The van der Waals surface area contributed by atoms with Gasteiger partial charge >= 0.3 is 5.97 Å². The lowest BCUT2D eigenvalue weighted by Gasteiger charge is -2.15. The standard InChI is InChI=1S/C15H12ClNO3/c16-12-9-5-4-8-11(12)14(18)17-13(15(19)20)10-6-2-1-3-7-10/h1-9,13H,(H,17,18)(H,19,20). The fraction of sp³-hybridized carbons (Fsp3) is 0.0667. The molecule has 2 N–H and O–H groups in total. The molecule has 1 atom stereocenters. The highest BCUT2D eigenvalue weighted by atomic mass is 35.5. The summed E-state index contributed by atoms with van der Waals surface area (Å²) in [6, 6.07) is 13.9. The van der Waals surface area contributed by atoms with Crippen molar-refractivity contribution in [2.75, 3.05) is 0 Å². The van der Waals surface area contributed by atoms with Crippen LogP contribution in [0.3, 0.4) is 0 Å². The molecule has 0 bridgehead atoms. The zero-order valence-electron chi connectivity index (χ0n) is 10.4. The van der Waals surface area contributed by atoms with Crippen molar-refractivity contribution >= 4 is 23.5 Å². The number of carboxylic acid groups (broad SMARTS) is 1. The molecule has 1 unspecified atom stereocenters. The zero-order chi connectivity index (χ0) is 14.5. The van der Waals surface area contributed by atoms with Crippen LogP contribution < -0.4 is 5.32 Å². The Kier molecular flexibility index (Phi) is 4.38. The highest BCUT2D eigenvalue weighted by molar-refractivity contribution is 6.33. The van der Waals surface area contributed by atoms with E-state index in [2.05, 4.69) is 5.32 Å². The van der Waals surface area contributed by atoms with E-state index in [-0.39, 0.29) is 10.6 Å². The summed E-state index contributed by atoms with van der Waals surface area (Å²) in [7, 11) is 0. The minimum absolute atomic E-state index is 0.247. The first-order valence-corrected chi connectivity index (χ1v) is 6.30. The van der Waals surface area contributed by atoms with E-state index in [1.807, 2.05) is 0 Å². The molecule has 2 aromatic rings. The molecule has 102 valence electrons. The minimum atomic E-state index is -1.13. The summed E-state index contributed by atoms with van der Waals surface area (Å²) in [6.45, 7) is 0. The number of halogens is 1. The van der Waals surface area contributed by atoms with Crippen LogP contribution in [0.1, 0.15) is 22.0 Å². The number of hydrogen-bond acceptors (Lipinski definition) is 2. The van der Waals surface area contributed by atoms with E-state index in [9.17, 15) is 14.7 Å². The fourth-order valence-electron chi connectivity index (χ4n) is 1.79. The Labute approximate surface area is 121 Å². The number of hydrogen-bond donors (Lipinski definition) is 2. The third kappa shape index (κ3) is 3.16. The maximum Gasteiger partial charge on any atom is 0.330 e. The summed E-state index contributed by atoms with van der Waals surface area (Å²) < 4.78 is 0.